The van der Waals surface area contributed by atoms with Crippen LogP contribution in [0.4, 0.5) is 11.4 Å². The Morgan fingerprint density at radius 2 is 0.674 bits per heavy atom. The van der Waals surface area contributed by atoms with Gasteiger partial charge in [0.25, 0.3) is 0 Å². The average Bonchev–Trinajstić information content (AvgIpc) is 3.01. The van der Waals surface area contributed by atoms with Crippen molar-refractivity contribution in [2.75, 3.05) is 10.6 Å². The van der Waals surface area contributed by atoms with Gasteiger partial charge in [0.15, 0.2) is 0 Å². The van der Waals surface area contributed by atoms with Gasteiger partial charge in [-0.15, -0.1) is 0 Å². The number of rotatable bonds is 28. The summed E-state index contributed by atoms with van der Waals surface area (Å²) in [6.07, 6.45) is 31.6. The zero-order valence-electron chi connectivity index (χ0n) is 29.0. The zero-order chi connectivity index (χ0) is 30.8. The van der Waals surface area contributed by atoms with E-state index >= 15 is 0 Å². The maximum atomic E-state index is 3.72. The molecule has 0 aliphatic rings. The van der Waals surface area contributed by atoms with Crippen molar-refractivity contribution in [3.8, 4) is 0 Å². The summed E-state index contributed by atoms with van der Waals surface area (Å²) in [5, 5.41) is 7.43. The Hall–Kier alpha value is -1.96. The number of hydrogen-bond acceptors (Lipinski definition) is 2. The molecule has 0 saturated carbocycles. The minimum Gasteiger partial charge on any atom is -0.383 e. The van der Waals surface area contributed by atoms with Crippen molar-refractivity contribution in [1.29, 1.82) is 0 Å². The lowest BCUT2D eigenvalue weighted by molar-refractivity contribution is 0.540. The van der Waals surface area contributed by atoms with Gasteiger partial charge in [-0.05, 0) is 68.5 Å². The quantitative estimate of drug-likeness (QED) is 0.0963. The monoisotopic (exact) mass is 591 g/mol. The molecule has 2 aromatic rings. The first-order valence-electron chi connectivity index (χ1n) is 18.8. The van der Waals surface area contributed by atoms with Crippen LogP contribution in [-0.4, -0.2) is 12.1 Å². The second-order valence-electron chi connectivity index (χ2n) is 13.6. The van der Waals surface area contributed by atoms with Gasteiger partial charge in [0.2, 0.25) is 0 Å². The van der Waals surface area contributed by atoms with Crippen molar-refractivity contribution in [3.05, 3.63) is 59.7 Å². The van der Waals surface area contributed by atoms with E-state index in [0.717, 1.165) is 6.42 Å². The molecule has 2 unspecified atom stereocenters. The number of benzene rings is 2. The molecule has 0 aliphatic heterocycles. The molecule has 2 rings (SSSR count). The second-order valence-corrected chi connectivity index (χ2v) is 13.6. The number of unbranched alkanes of at least 4 members (excludes halogenated alkanes) is 18. The van der Waals surface area contributed by atoms with E-state index in [0.29, 0.717) is 12.1 Å². The Bertz CT molecular complexity index is 798. The van der Waals surface area contributed by atoms with Crippen molar-refractivity contribution >= 4 is 11.4 Å². The standard InChI is InChI=1S/C41H70N2/c1-5-7-9-11-13-15-17-19-21-23-25-36(3)42-40-31-27-38(28-32-40)35-39-29-33-41(34-30-39)43-37(4)26-24-22-20-18-16-14-12-10-8-6-2/h27-34,36-37,42-43H,5-26,35H2,1-4H3. The van der Waals surface area contributed by atoms with Crippen LogP contribution in [0.25, 0.3) is 0 Å². The molecule has 0 fully saturated rings. The molecule has 2 atom stereocenters. The maximum absolute atomic E-state index is 3.72. The first-order chi connectivity index (χ1) is 21.1. The maximum Gasteiger partial charge on any atom is 0.0342 e. The van der Waals surface area contributed by atoms with E-state index in [1.807, 2.05) is 0 Å². The Balaban J connectivity index is 1.54. The van der Waals surface area contributed by atoms with Gasteiger partial charge in [0, 0.05) is 23.5 Å². The number of hydrogen-bond donors (Lipinski definition) is 2. The number of nitrogens with one attached hydrogen (secondary N) is 2. The molecule has 2 N–H and O–H groups in total. The first-order valence-corrected chi connectivity index (χ1v) is 18.8. The van der Waals surface area contributed by atoms with Gasteiger partial charge in [-0.25, -0.2) is 0 Å². The molecule has 0 amide bonds. The highest BCUT2D eigenvalue weighted by atomic mass is 14.9. The summed E-state index contributed by atoms with van der Waals surface area (Å²) in [5.41, 5.74) is 5.25. The van der Waals surface area contributed by atoms with Gasteiger partial charge < -0.3 is 10.6 Å². The van der Waals surface area contributed by atoms with Crippen LogP contribution in [0, 0.1) is 0 Å². The van der Waals surface area contributed by atoms with E-state index in [-0.39, 0.29) is 0 Å². The van der Waals surface area contributed by atoms with Crippen molar-refractivity contribution in [3.63, 3.8) is 0 Å². The lowest BCUT2D eigenvalue weighted by Crippen LogP contribution is -2.14. The summed E-state index contributed by atoms with van der Waals surface area (Å²) in [5.74, 6) is 0. The molecule has 244 valence electrons. The molecular formula is C41H70N2. The third kappa shape index (κ3) is 19.8. The van der Waals surface area contributed by atoms with Crippen molar-refractivity contribution in [1.82, 2.24) is 0 Å². The third-order valence-electron chi connectivity index (χ3n) is 9.12. The zero-order valence-corrected chi connectivity index (χ0v) is 29.0. The highest BCUT2D eigenvalue weighted by Gasteiger charge is 2.05. The van der Waals surface area contributed by atoms with Crippen LogP contribution in [0.3, 0.4) is 0 Å². The molecule has 0 heterocycles. The van der Waals surface area contributed by atoms with Crippen molar-refractivity contribution in [2.24, 2.45) is 0 Å². The number of anilines is 2. The van der Waals surface area contributed by atoms with Gasteiger partial charge in [-0.1, -0.05) is 167 Å². The fraction of sp³-hybridized carbons (Fsp3) is 0.707. The van der Waals surface area contributed by atoms with E-state index in [1.54, 1.807) is 0 Å². The van der Waals surface area contributed by atoms with Gasteiger partial charge >= 0.3 is 0 Å². The van der Waals surface area contributed by atoms with Crippen molar-refractivity contribution in [2.45, 2.75) is 187 Å². The van der Waals surface area contributed by atoms with Gasteiger partial charge in [0.05, 0.1) is 0 Å². The van der Waals surface area contributed by atoms with Crippen LogP contribution in [-0.2, 0) is 6.42 Å². The second kappa shape index (κ2) is 25.4. The van der Waals surface area contributed by atoms with Crippen LogP contribution in [0.1, 0.15) is 180 Å². The van der Waals surface area contributed by atoms with Crippen LogP contribution in [0.2, 0.25) is 0 Å². The fourth-order valence-electron chi connectivity index (χ4n) is 6.26. The van der Waals surface area contributed by atoms with Crippen LogP contribution < -0.4 is 10.6 Å². The third-order valence-corrected chi connectivity index (χ3v) is 9.12. The minimum atomic E-state index is 0.535. The summed E-state index contributed by atoms with van der Waals surface area (Å²) in [7, 11) is 0. The van der Waals surface area contributed by atoms with Crippen molar-refractivity contribution < 1.29 is 0 Å². The van der Waals surface area contributed by atoms with Crippen LogP contribution in [0.5, 0.6) is 0 Å². The molecular weight excluding hydrogens is 520 g/mol. The summed E-state index contributed by atoms with van der Waals surface area (Å²) in [6, 6.07) is 19.3. The normalized spacial score (nSPS) is 12.7. The van der Waals surface area contributed by atoms with E-state index in [2.05, 4.69) is 86.9 Å². The highest BCUT2D eigenvalue weighted by molar-refractivity contribution is 5.48. The molecule has 2 aromatic carbocycles. The van der Waals surface area contributed by atoms with Crippen LogP contribution >= 0.6 is 0 Å². The molecule has 0 bridgehead atoms. The van der Waals surface area contributed by atoms with E-state index in [1.165, 1.54) is 164 Å². The Morgan fingerprint density at radius 1 is 0.395 bits per heavy atom. The molecule has 0 aromatic heterocycles. The van der Waals surface area contributed by atoms with Crippen LogP contribution in [0.15, 0.2) is 48.5 Å². The molecule has 43 heavy (non-hydrogen) atoms. The first kappa shape index (κ1) is 37.2. The molecule has 2 heteroatoms. The van der Waals surface area contributed by atoms with E-state index < -0.39 is 0 Å². The molecule has 0 aliphatic carbocycles. The van der Waals surface area contributed by atoms with Gasteiger partial charge in [-0.2, -0.15) is 0 Å². The lowest BCUT2D eigenvalue weighted by atomic mass is 10.0. The molecule has 0 saturated heterocycles. The van der Waals surface area contributed by atoms with E-state index in [9.17, 15) is 0 Å². The summed E-state index contributed by atoms with van der Waals surface area (Å²) in [6.45, 7) is 9.25. The van der Waals surface area contributed by atoms with Gasteiger partial charge in [0.1, 0.15) is 0 Å². The molecule has 0 radical (unpaired) electrons. The predicted octanol–water partition coefficient (Wildman–Crippen LogP) is 13.5. The molecule has 2 nitrogen and oxygen atoms in total. The van der Waals surface area contributed by atoms with Gasteiger partial charge in [-0.3, -0.25) is 0 Å². The SMILES string of the molecule is CCCCCCCCCCCCC(C)Nc1ccc(Cc2ccc(NC(C)CCCCCCCCCCCC)cc2)cc1. The predicted molar refractivity (Wildman–Crippen MR) is 195 cm³/mol. The largest absolute Gasteiger partial charge is 0.383 e. The topological polar surface area (TPSA) is 24.1 Å². The Kier molecular flexibility index (Phi) is 22.0. The highest BCUT2D eigenvalue weighted by Crippen LogP contribution is 2.19. The molecule has 0 spiro atoms. The Morgan fingerprint density at radius 3 is 0.977 bits per heavy atom. The lowest BCUT2D eigenvalue weighted by Gasteiger charge is -2.16. The minimum absolute atomic E-state index is 0.535. The Labute approximate surface area is 268 Å². The summed E-state index contributed by atoms with van der Waals surface area (Å²) < 4.78 is 0. The van der Waals surface area contributed by atoms with E-state index in [4.69, 9.17) is 0 Å². The average molecular weight is 591 g/mol. The smallest absolute Gasteiger partial charge is 0.0342 e. The summed E-state index contributed by atoms with van der Waals surface area (Å²) in [4.78, 5) is 0. The fourth-order valence-corrected chi connectivity index (χ4v) is 6.26. The summed E-state index contributed by atoms with van der Waals surface area (Å²) >= 11 is 0.